The predicted molar refractivity (Wildman–Crippen MR) is 154 cm³/mol. The number of aliphatic imine (C=N–C) groups is 1. The van der Waals surface area contributed by atoms with E-state index in [-0.39, 0.29) is 11.5 Å². The highest BCUT2D eigenvalue weighted by molar-refractivity contribution is 6.12. The highest BCUT2D eigenvalue weighted by Crippen LogP contribution is 2.27. The van der Waals surface area contributed by atoms with Crippen molar-refractivity contribution in [2.24, 2.45) is 10.7 Å². The topological polar surface area (TPSA) is 127 Å². The fourth-order valence-electron chi connectivity index (χ4n) is 4.06. The van der Waals surface area contributed by atoms with E-state index in [0.29, 0.717) is 25.5 Å². The summed E-state index contributed by atoms with van der Waals surface area (Å²) in [4.78, 5) is 34.2. The number of pyridine rings is 1. The molecule has 0 saturated heterocycles. The van der Waals surface area contributed by atoms with E-state index in [9.17, 15) is 9.59 Å². The number of nitrogens with one attached hydrogen (secondary N) is 1. The number of carbonyl (C=O) groups excluding carboxylic acids is 2. The Morgan fingerprint density at radius 3 is 2.53 bits per heavy atom. The van der Waals surface area contributed by atoms with Crippen molar-refractivity contribution in [3.8, 4) is 0 Å². The molecule has 0 unspecified atom stereocenters. The fourth-order valence-corrected chi connectivity index (χ4v) is 4.06. The Hall–Kier alpha value is -4.72. The van der Waals surface area contributed by atoms with Gasteiger partial charge in [0.15, 0.2) is 0 Å². The van der Waals surface area contributed by atoms with Crippen molar-refractivity contribution in [3.05, 3.63) is 107 Å². The number of aromatic nitrogens is 1. The molecule has 0 aliphatic heterocycles. The van der Waals surface area contributed by atoms with Crippen LogP contribution in [0.5, 0.6) is 0 Å². The largest absolute Gasteiger partial charge is 0.404 e. The van der Waals surface area contributed by atoms with Crippen molar-refractivity contribution in [1.29, 1.82) is 0 Å². The first-order chi connectivity index (χ1) is 18.4. The van der Waals surface area contributed by atoms with Crippen molar-refractivity contribution in [2.45, 2.75) is 40.4 Å². The van der Waals surface area contributed by atoms with Crippen LogP contribution in [0.15, 0.2) is 83.8 Å². The summed E-state index contributed by atoms with van der Waals surface area (Å²) in [6.07, 6.45) is 12.5. The van der Waals surface area contributed by atoms with Gasteiger partial charge in [-0.3, -0.25) is 14.6 Å². The molecule has 3 aromatic rings. The molecule has 0 aliphatic carbocycles. The minimum absolute atomic E-state index is 0.278. The highest BCUT2D eigenvalue weighted by Gasteiger charge is 2.12. The van der Waals surface area contributed by atoms with Crippen LogP contribution in [-0.2, 0) is 29.2 Å². The van der Waals surface area contributed by atoms with Crippen LogP contribution < -0.4 is 16.8 Å². The van der Waals surface area contributed by atoms with Gasteiger partial charge in [-0.05, 0) is 72.2 Å². The summed E-state index contributed by atoms with van der Waals surface area (Å²) in [5, 5.41) is 4.86. The first-order valence-electron chi connectivity index (χ1n) is 12.3. The molecule has 0 spiro atoms. The number of amides is 2. The van der Waals surface area contributed by atoms with Crippen LogP contribution in [0.3, 0.4) is 0 Å². The summed E-state index contributed by atoms with van der Waals surface area (Å²) >= 11 is 0. The van der Waals surface area contributed by atoms with E-state index < -0.39 is 0 Å². The van der Waals surface area contributed by atoms with Crippen molar-refractivity contribution >= 4 is 35.1 Å². The number of nitrogens with two attached hydrogens (primary N) is 2. The van der Waals surface area contributed by atoms with Crippen molar-refractivity contribution in [3.63, 3.8) is 0 Å². The third kappa shape index (κ3) is 7.16. The number of anilines is 1. The number of benzene rings is 2. The Morgan fingerprint density at radius 1 is 1.11 bits per heavy atom. The Labute approximate surface area is 223 Å². The maximum absolute atomic E-state index is 12.8. The molecule has 1 heterocycles. The van der Waals surface area contributed by atoms with E-state index in [0.717, 1.165) is 45.0 Å². The van der Waals surface area contributed by atoms with Crippen molar-refractivity contribution < 1.29 is 9.59 Å². The van der Waals surface area contributed by atoms with Gasteiger partial charge in [-0.1, -0.05) is 36.4 Å². The van der Waals surface area contributed by atoms with Gasteiger partial charge >= 0.3 is 0 Å². The summed E-state index contributed by atoms with van der Waals surface area (Å²) < 4.78 is 0. The van der Waals surface area contributed by atoms with Crippen LogP contribution in [0.25, 0.3) is 10.8 Å². The molecule has 3 rings (SSSR count). The average molecular weight is 511 g/mol. The number of nitrogen functional groups attached to an aromatic ring is 1. The van der Waals surface area contributed by atoms with Crippen molar-refractivity contribution in [1.82, 2.24) is 15.2 Å². The fraction of sp³-hybridized carbons (Fsp3) is 0.200. The number of hydrogen-bond donors (Lipinski definition) is 3. The molecular formula is C30H34N6O2. The van der Waals surface area contributed by atoms with Crippen molar-refractivity contribution in [2.75, 3.05) is 5.73 Å². The number of nitrogens with zero attached hydrogens (tertiary/aromatic N) is 3. The normalized spacial score (nSPS) is 12.1. The third-order valence-electron chi connectivity index (χ3n) is 6.19. The molecule has 196 valence electrons. The van der Waals surface area contributed by atoms with Gasteiger partial charge in [0.1, 0.15) is 5.82 Å². The molecule has 2 aromatic carbocycles. The summed E-state index contributed by atoms with van der Waals surface area (Å²) in [7, 11) is 0. The first kappa shape index (κ1) is 27.9. The Kier molecular flexibility index (Phi) is 9.93. The van der Waals surface area contributed by atoms with E-state index in [4.69, 9.17) is 11.5 Å². The minimum atomic E-state index is -0.306. The molecule has 2 amide bonds. The van der Waals surface area contributed by atoms with Gasteiger partial charge in [0.25, 0.3) is 5.91 Å². The van der Waals surface area contributed by atoms with Gasteiger partial charge in [-0.15, -0.1) is 0 Å². The number of aryl methyl sites for hydroxylation is 2. The molecule has 1 aromatic heterocycles. The maximum Gasteiger partial charge on any atom is 0.254 e. The zero-order valence-electron chi connectivity index (χ0n) is 22.0. The maximum atomic E-state index is 12.8. The lowest BCUT2D eigenvalue weighted by Crippen LogP contribution is -2.26. The van der Waals surface area contributed by atoms with Gasteiger partial charge in [0, 0.05) is 43.3 Å². The molecular weight excluding hydrogens is 476 g/mol. The first-order valence-corrected chi connectivity index (χ1v) is 12.3. The Bertz CT molecular complexity index is 1400. The smallest absolute Gasteiger partial charge is 0.254 e. The standard InChI is InChI=1S/C30H34N6O2/c1-4-5-6-13-36(20-37)19-24-9-7-23(8-10-24)16-33-17-25(15-31)30(38)35-18-28-21(2)14-27-26(22(28)3)11-12-34-29(27)32/h4-15,17,20H,16,18-19,31H2,1-3H3,(H2,32,34)(H,35,38)/b5-4-,13-6-,25-15+,33-17?. The average Bonchev–Trinajstić information content (AvgIpc) is 2.92. The lowest BCUT2D eigenvalue weighted by Gasteiger charge is -2.15. The zero-order valence-corrected chi connectivity index (χ0v) is 22.0. The van der Waals surface area contributed by atoms with Crippen LogP contribution in [0.2, 0.25) is 0 Å². The molecule has 8 heteroatoms. The van der Waals surface area contributed by atoms with Gasteiger partial charge in [-0.2, -0.15) is 0 Å². The molecule has 0 fully saturated rings. The van der Waals surface area contributed by atoms with Gasteiger partial charge in [0.05, 0.1) is 12.1 Å². The van der Waals surface area contributed by atoms with Crippen LogP contribution in [0.1, 0.15) is 34.7 Å². The lowest BCUT2D eigenvalue weighted by molar-refractivity contribution is -0.117. The molecule has 0 radical (unpaired) electrons. The number of hydrogen-bond acceptors (Lipinski definition) is 6. The molecule has 0 aliphatic rings. The summed E-state index contributed by atoms with van der Waals surface area (Å²) in [6, 6.07) is 11.7. The van der Waals surface area contributed by atoms with Crippen LogP contribution in [0.4, 0.5) is 5.82 Å². The zero-order chi connectivity index (χ0) is 27.5. The molecule has 0 atom stereocenters. The predicted octanol–water partition coefficient (Wildman–Crippen LogP) is 4.21. The molecule has 8 nitrogen and oxygen atoms in total. The van der Waals surface area contributed by atoms with E-state index >= 15 is 0 Å². The van der Waals surface area contributed by atoms with Gasteiger partial charge in [-0.25, -0.2) is 4.98 Å². The molecule has 0 saturated carbocycles. The lowest BCUT2D eigenvalue weighted by atomic mass is 9.96. The summed E-state index contributed by atoms with van der Waals surface area (Å²) in [6.45, 7) is 7.13. The Balaban J connectivity index is 1.59. The summed E-state index contributed by atoms with van der Waals surface area (Å²) in [5.41, 5.74) is 17.1. The highest BCUT2D eigenvalue weighted by atomic mass is 16.1. The van der Waals surface area contributed by atoms with E-state index in [1.54, 1.807) is 17.3 Å². The van der Waals surface area contributed by atoms with Gasteiger partial charge in [0.2, 0.25) is 6.41 Å². The number of carbonyl (C=O) groups is 2. The Morgan fingerprint density at radius 2 is 1.84 bits per heavy atom. The molecule has 38 heavy (non-hydrogen) atoms. The molecule has 0 bridgehead atoms. The third-order valence-corrected chi connectivity index (χ3v) is 6.19. The van der Waals surface area contributed by atoms with Crippen LogP contribution in [0, 0.1) is 13.8 Å². The molecule has 5 N–H and O–H groups in total. The second-order valence-electron chi connectivity index (χ2n) is 8.82. The van der Waals surface area contributed by atoms with Crippen LogP contribution in [-0.4, -0.2) is 28.4 Å². The summed E-state index contributed by atoms with van der Waals surface area (Å²) in [5.74, 6) is 0.184. The second kappa shape index (κ2) is 13.5. The van der Waals surface area contributed by atoms with E-state index in [1.165, 1.54) is 12.4 Å². The number of rotatable bonds is 11. The second-order valence-corrected chi connectivity index (χ2v) is 8.82. The van der Waals surface area contributed by atoms with Crippen LogP contribution >= 0.6 is 0 Å². The quantitative estimate of drug-likeness (QED) is 0.154. The number of fused-ring (bicyclic) bond motifs is 1. The number of allylic oxidation sites excluding steroid dienone is 3. The SMILES string of the molecule is C/C=C\C=C/N(C=O)Cc1ccc(CN=C/C(=C\N)C(=O)NCc2c(C)cc3c(N)nccc3c2C)cc1. The van der Waals surface area contributed by atoms with E-state index in [2.05, 4.69) is 15.3 Å². The monoisotopic (exact) mass is 510 g/mol. The van der Waals surface area contributed by atoms with E-state index in [1.807, 2.05) is 75.4 Å². The van der Waals surface area contributed by atoms with Gasteiger partial charge < -0.3 is 21.7 Å². The minimum Gasteiger partial charge on any atom is -0.404 e.